The minimum atomic E-state index is -0.276. The van der Waals surface area contributed by atoms with Crippen LogP contribution in [0.5, 0.6) is 17.2 Å². The second kappa shape index (κ2) is 8.73. The topological polar surface area (TPSA) is 86.1 Å². The number of phenols is 2. The normalized spacial score (nSPS) is 17.1. The lowest BCUT2D eigenvalue weighted by atomic mass is 9.95. The number of nitrogens with one attached hydrogen (secondary N) is 2. The average molecular weight is 385 g/mol. The molecule has 1 unspecified atom stereocenters. The summed E-state index contributed by atoms with van der Waals surface area (Å²) in [5.74, 6) is 0.889. The van der Waals surface area contributed by atoms with Gasteiger partial charge < -0.3 is 20.3 Å². The minimum absolute atomic E-state index is 0.129. The Morgan fingerprint density at radius 2 is 1.93 bits per heavy atom. The molecule has 6 nitrogen and oxygen atoms in total. The molecule has 0 spiro atoms. The second-order valence-corrected chi connectivity index (χ2v) is 6.77. The Bertz CT molecular complexity index is 837. The van der Waals surface area contributed by atoms with Gasteiger partial charge in [0.15, 0.2) is 5.11 Å². The Kier molecular flexibility index (Phi) is 6.13. The number of phenolic OH excluding ortho intramolecular Hbond substituents is 2. The first-order valence-corrected chi connectivity index (χ1v) is 9.37. The van der Waals surface area contributed by atoms with E-state index in [9.17, 15) is 10.2 Å². The van der Waals surface area contributed by atoms with Gasteiger partial charge in [0.1, 0.15) is 23.4 Å². The van der Waals surface area contributed by atoms with Gasteiger partial charge in [-0.15, -0.1) is 0 Å². The summed E-state index contributed by atoms with van der Waals surface area (Å²) in [5, 5.41) is 27.4. The number of hydrogen-bond donors (Lipinski definition) is 4. The number of nitrogens with zero attached hydrogens (tertiary/aromatic N) is 1. The van der Waals surface area contributed by atoms with E-state index in [0.29, 0.717) is 17.3 Å². The molecule has 2 aromatic carbocycles. The van der Waals surface area contributed by atoms with Gasteiger partial charge in [0.2, 0.25) is 0 Å². The van der Waals surface area contributed by atoms with Crippen LogP contribution in [0.3, 0.4) is 0 Å². The van der Waals surface area contributed by atoms with Gasteiger partial charge in [-0.05, 0) is 48.5 Å². The molecule has 0 bridgehead atoms. The molecule has 142 valence electrons. The molecule has 1 aliphatic rings. The number of ether oxygens (including phenoxy) is 1. The van der Waals surface area contributed by atoms with E-state index in [1.165, 1.54) is 0 Å². The number of aromatic hydroxyl groups is 2. The van der Waals surface area contributed by atoms with E-state index in [0.717, 1.165) is 36.2 Å². The smallest absolute Gasteiger partial charge is 0.186 e. The van der Waals surface area contributed by atoms with Crippen molar-refractivity contribution in [2.45, 2.75) is 32.3 Å². The highest BCUT2D eigenvalue weighted by Crippen LogP contribution is 2.37. The predicted molar refractivity (Wildman–Crippen MR) is 109 cm³/mol. The van der Waals surface area contributed by atoms with Crippen LogP contribution in [-0.2, 0) is 0 Å². The maximum atomic E-state index is 9.81. The zero-order chi connectivity index (χ0) is 19.2. The maximum Gasteiger partial charge on any atom is 0.186 e. The molecule has 1 heterocycles. The molecule has 1 aliphatic heterocycles. The third-order valence-electron chi connectivity index (χ3n) is 4.30. The third-order valence-corrected chi connectivity index (χ3v) is 4.53. The fourth-order valence-corrected chi connectivity index (χ4v) is 2.99. The lowest BCUT2D eigenvalue weighted by molar-refractivity contribution is 0.205. The van der Waals surface area contributed by atoms with Crippen molar-refractivity contribution in [1.29, 1.82) is 0 Å². The molecular weight excluding hydrogens is 362 g/mol. The summed E-state index contributed by atoms with van der Waals surface area (Å²) < 4.78 is 6.06. The van der Waals surface area contributed by atoms with Gasteiger partial charge in [0, 0.05) is 24.6 Å². The van der Waals surface area contributed by atoms with Crippen molar-refractivity contribution >= 4 is 23.0 Å². The van der Waals surface area contributed by atoms with Crippen molar-refractivity contribution in [3.63, 3.8) is 0 Å². The molecule has 2 aromatic rings. The fourth-order valence-electron chi connectivity index (χ4n) is 2.84. The lowest BCUT2D eigenvalue weighted by Gasteiger charge is -2.27. The van der Waals surface area contributed by atoms with Gasteiger partial charge in [0.25, 0.3) is 0 Å². The maximum absolute atomic E-state index is 9.81. The zero-order valence-corrected chi connectivity index (χ0v) is 15.9. The second-order valence-electron chi connectivity index (χ2n) is 6.36. The van der Waals surface area contributed by atoms with Crippen molar-refractivity contribution < 1.29 is 14.9 Å². The van der Waals surface area contributed by atoms with Crippen LogP contribution >= 0.6 is 12.2 Å². The molecule has 1 atom stereocenters. The highest BCUT2D eigenvalue weighted by molar-refractivity contribution is 7.80. The summed E-state index contributed by atoms with van der Waals surface area (Å²) in [6, 6.07) is 11.8. The summed E-state index contributed by atoms with van der Waals surface area (Å²) in [5.41, 5.74) is 5.41. The molecule has 27 heavy (non-hydrogen) atoms. The van der Waals surface area contributed by atoms with Gasteiger partial charge >= 0.3 is 0 Å². The molecule has 7 heteroatoms. The molecule has 0 aromatic heterocycles. The molecular formula is C20H23N3O3S. The molecule has 0 radical (unpaired) electrons. The Morgan fingerprint density at radius 3 is 2.67 bits per heavy atom. The van der Waals surface area contributed by atoms with Crippen LogP contribution in [0.15, 0.2) is 47.6 Å². The van der Waals surface area contributed by atoms with E-state index in [1.807, 2.05) is 12.1 Å². The van der Waals surface area contributed by atoms with Gasteiger partial charge in [-0.25, -0.2) is 0 Å². The largest absolute Gasteiger partial charge is 0.508 e. The Morgan fingerprint density at radius 1 is 1.19 bits per heavy atom. The van der Waals surface area contributed by atoms with Crippen LogP contribution < -0.4 is 15.5 Å². The van der Waals surface area contributed by atoms with Crippen molar-refractivity contribution in [2.24, 2.45) is 5.10 Å². The monoisotopic (exact) mass is 385 g/mol. The molecule has 0 aliphatic carbocycles. The number of unbranched alkanes of at least 4 members (excludes halogenated alkanes) is 1. The van der Waals surface area contributed by atoms with E-state index >= 15 is 0 Å². The van der Waals surface area contributed by atoms with Crippen LogP contribution in [0.2, 0.25) is 0 Å². The summed E-state index contributed by atoms with van der Waals surface area (Å²) in [6.07, 6.45) is 2.39. The summed E-state index contributed by atoms with van der Waals surface area (Å²) in [4.78, 5) is 0. The molecule has 0 fully saturated rings. The molecule has 4 N–H and O–H groups in total. The Balaban J connectivity index is 1.82. The van der Waals surface area contributed by atoms with Crippen molar-refractivity contribution in [1.82, 2.24) is 10.7 Å². The zero-order valence-electron chi connectivity index (χ0n) is 15.1. The summed E-state index contributed by atoms with van der Waals surface area (Å²) >= 11 is 5.26. The van der Waals surface area contributed by atoms with Gasteiger partial charge in [0.05, 0.1) is 5.71 Å². The van der Waals surface area contributed by atoms with E-state index in [1.54, 1.807) is 30.3 Å². The average Bonchev–Trinajstić information content (AvgIpc) is 2.66. The van der Waals surface area contributed by atoms with Gasteiger partial charge in [-0.2, -0.15) is 5.10 Å². The quantitative estimate of drug-likeness (QED) is 0.358. The Hall–Kier alpha value is -2.80. The van der Waals surface area contributed by atoms with Crippen LogP contribution in [0.1, 0.15) is 43.4 Å². The highest BCUT2D eigenvalue weighted by atomic mass is 32.1. The number of rotatable bonds is 5. The predicted octanol–water partition coefficient (Wildman–Crippen LogP) is 3.59. The van der Waals surface area contributed by atoms with Crippen LogP contribution in [-0.4, -0.2) is 27.6 Å². The van der Waals surface area contributed by atoms with Crippen LogP contribution in [0, 0.1) is 0 Å². The van der Waals surface area contributed by atoms with Crippen LogP contribution in [0.4, 0.5) is 0 Å². The third kappa shape index (κ3) is 4.89. The van der Waals surface area contributed by atoms with Gasteiger partial charge in [-0.3, -0.25) is 5.43 Å². The van der Waals surface area contributed by atoms with Gasteiger partial charge in [-0.1, -0.05) is 25.5 Å². The van der Waals surface area contributed by atoms with Crippen molar-refractivity contribution in [3.05, 3.63) is 53.6 Å². The first-order chi connectivity index (χ1) is 13.1. The number of hydrogen-bond acceptors (Lipinski definition) is 5. The first-order valence-electron chi connectivity index (χ1n) is 8.96. The first kappa shape index (κ1) is 19.0. The van der Waals surface area contributed by atoms with E-state index < -0.39 is 0 Å². The number of fused-ring (bicyclic) bond motifs is 1. The lowest BCUT2D eigenvalue weighted by Crippen LogP contribution is -2.34. The molecule has 0 amide bonds. The summed E-state index contributed by atoms with van der Waals surface area (Å²) in [7, 11) is 0. The van der Waals surface area contributed by atoms with E-state index in [-0.39, 0.29) is 17.6 Å². The van der Waals surface area contributed by atoms with Crippen molar-refractivity contribution in [2.75, 3.05) is 6.54 Å². The molecule has 0 saturated heterocycles. The summed E-state index contributed by atoms with van der Waals surface area (Å²) in [6.45, 7) is 2.92. The standard InChI is InChI=1S/C20H23N3O3S/c1-2-3-10-21-20(27)23-22-17-12-18(13-4-6-14(24)7-5-13)26-19-11-15(25)8-9-16(17)19/h4-9,11,18,24-25H,2-3,10,12H2,1H3,(H2,21,23,27)/b22-17+. The van der Waals surface area contributed by atoms with E-state index in [4.69, 9.17) is 17.0 Å². The number of benzene rings is 2. The fraction of sp³-hybridized carbons (Fsp3) is 0.300. The van der Waals surface area contributed by atoms with E-state index in [2.05, 4.69) is 22.8 Å². The highest BCUT2D eigenvalue weighted by Gasteiger charge is 2.27. The number of thiocarbonyl (C=S) groups is 1. The molecule has 0 saturated carbocycles. The Labute approximate surface area is 163 Å². The minimum Gasteiger partial charge on any atom is -0.508 e. The molecule has 3 rings (SSSR count). The SMILES string of the molecule is CCCCNC(=S)N/N=C1\CC(c2ccc(O)cc2)Oc2cc(O)ccc21. The van der Waals surface area contributed by atoms with Crippen molar-refractivity contribution in [3.8, 4) is 17.2 Å². The number of hydrazone groups is 1. The van der Waals surface area contributed by atoms with Crippen LogP contribution in [0.25, 0.3) is 0 Å².